The topological polar surface area (TPSA) is 55.0 Å². The smallest absolute Gasteiger partial charge is 0.187 e. The van der Waals surface area contributed by atoms with Crippen molar-refractivity contribution >= 4 is 5.82 Å². The molecule has 4 nitrogen and oxygen atoms in total. The fraction of sp³-hybridized carbons (Fsp3) is 0.636. The van der Waals surface area contributed by atoms with E-state index in [0.717, 1.165) is 19.4 Å². The normalized spacial score (nSPS) is 20.4. The molecule has 1 unspecified atom stereocenters. The van der Waals surface area contributed by atoms with E-state index in [2.05, 4.69) is 9.97 Å². The van der Waals surface area contributed by atoms with Crippen LogP contribution in [-0.2, 0) is 6.42 Å². The Bertz CT molecular complexity index is 369. The summed E-state index contributed by atoms with van der Waals surface area (Å²) >= 11 is 0. The van der Waals surface area contributed by atoms with Gasteiger partial charge in [0.2, 0.25) is 0 Å². The van der Waals surface area contributed by atoms with Gasteiger partial charge in [0.1, 0.15) is 6.33 Å². The van der Waals surface area contributed by atoms with E-state index in [1.54, 1.807) is 0 Å². The predicted molar refractivity (Wildman–Crippen MR) is 60.8 cm³/mol. The molecule has 16 heavy (non-hydrogen) atoms. The molecule has 1 aliphatic heterocycles. The predicted octanol–water partition coefficient (Wildman–Crippen LogP) is 1.11. The van der Waals surface area contributed by atoms with Gasteiger partial charge in [-0.3, -0.25) is 0 Å². The van der Waals surface area contributed by atoms with Crippen LogP contribution >= 0.6 is 0 Å². The number of anilines is 1. The van der Waals surface area contributed by atoms with E-state index in [1.807, 2.05) is 11.8 Å². The number of hydrogen-bond acceptors (Lipinski definition) is 4. The van der Waals surface area contributed by atoms with E-state index in [4.69, 9.17) is 5.73 Å². The number of aromatic nitrogens is 2. The van der Waals surface area contributed by atoms with Crippen molar-refractivity contribution in [1.29, 1.82) is 0 Å². The van der Waals surface area contributed by atoms with Crippen LogP contribution in [0.5, 0.6) is 0 Å². The number of nitrogens with two attached hydrogens (primary N) is 1. The maximum Gasteiger partial charge on any atom is 0.187 e. The van der Waals surface area contributed by atoms with Crippen LogP contribution in [0, 0.1) is 5.82 Å². The van der Waals surface area contributed by atoms with Gasteiger partial charge in [0, 0.05) is 19.1 Å². The average molecular weight is 224 g/mol. The second-order valence-electron chi connectivity index (χ2n) is 4.04. The molecule has 2 rings (SSSR count). The first-order chi connectivity index (χ1) is 7.77. The lowest BCUT2D eigenvalue weighted by atomic mass is 10.2. The second-order valence-corrected chi connectivity index (χ2v) is 4.04. The molecule has 0 spiro atoms. The molecular formula is C11H17FN4. The van der Waals surface area contributed by atoms with Gasteiger partial charge in [0.25, 0.3) is 0 Å². The Labute approximate surface area is 94.7 Å². The highest BCUT2D eigenvalue weighted by Gasteiger charge is 2.27. The molecule has 0 saturated carbocycles. The van der Waals surface area contributed by atoms with Crippen LogP contribution in [0.1, 0.15) is 25.5 Å². The standard InChI is InChI=1S/C11H17FN4/c1-2-9-10(12)11(15-7-14-9)16-5-3-4-8(16)6-13/h7-8H,2-6,13H2,1H3. The lowest BCUT2D eigenvalue weighted by Crippen LogP contribution is -2.36. The van der Waals surface area contributed by atoms with E-state index in [1.165, 1.54) is 6.33 Å². The van der Waals surface area contributed by atoms with Crippen molar-refractivity contribution in [2.75, 3.05) is 18.0 Å². The number of hydrogen-bond donors (Lipinski definition) is 1. The van der Waals surface area contributed by atoms with Crippen LogP contribution < -0.4 is 10.6 Å². The summed E-state index contributed by atoms with van der Waals surface area (Å²) in [6, 6.07) is 0.217. The third-order valence-corrected chi connectivity index (χ3v) is 3.10. The van der Waals surface area contributed by atoms with Crippen molar-refractivity contribution < 1.29 is 4.39 Å². The van der Waals surface area contributed by atoms with Gasteiger partial charge in [0.05, 0.1) is 5.69 Å². The molecule has 5 heteroatoms. The molecule has 1 aliphatic rings. The van der Waals surface area contributed by atoms with Gasteiger partial charge in [-0.1, -0.05) is 6.92 Å². The van der Waals surface area contributed by atoms with Gasteiger partial charge in [-0.25, -0.2) is 14.4 Å². The minimum Gasteiger partial charge on any atom is -0.350 e. The lowest BCUT2D eigenvalue weighted by Gasteiger charge is -2.25. The monoisotopic (exact) mass is 224 g/mol. The SMILES string of the molecule is CCc1ncnc(N2CCCC2CN)c1F. The molecule has 0 aromatic carbocycles. The number of nitrogens with zero attached hydrogens (tertiary/aromatic N) is 3. The third-order valence-electron chi connectivity index (χ3n) is 3.10. The summed E-state index contributed by atoms with van der Waals surface area (Å²) in [6.45, 7) is 3.27. The van der Waals surface area contributed by atoms with Crippen LogP contribution in [0.3, 0.4) is 0 Å². The summed E-state index contributed by atoms with van der Waals surface area (Å²) in [5.74, 6) is 0.130. The Balaban J connectivity index is 2.32. The lowest BCUT2D eigenvalue weighted by molar-refractivity contribution is 0.574. The molecule has 1 aromatic heterocycles. The molecule has 88 valence electrons. The molecule has 0 amide bonds. The van der Waals surface area contributed by atoms with Crippen LogP contribution in [0.15, 0.2) is 6.33 Å². The fourth-order valence-electron chi connectivity index (χ4n) is 2.20. The van der Waals surface area contributed by atoms with Crippen molar-refractivity contribution in [2.45, 2.75) is 32.2 Å². The Morgan fingerprint density at radius 2 is 2.38 bits per heavy atom. The summed E-state index contributed by atoms with van der Waals surface area (Å²) in [5.41, 5.74) is 6.15. The van der Waals surface area contributed by atoms with Crippen molar-refractivity contribution in [3.8, 4) is 0 Å². The summed E-state index contributed by atoms with van der Waals surface area (Å²) in [4.78, 5) is 9.96. The van der Waals surface area contributed by atoms with E-state index in [-0.39, 0.29) is 11.9 Å². The summed E-state index contributed by atoms with van der Waals surface area (Å²) in [5, 5.41) is 0. The Kier molecular flexibility index (Phi) is 3.33. The first kappa shape index (κ1) is 11.3. The Morgan fingerprint density at radius 3 is 3.06 bits per heavy atom. The first-order valence-electron chi connectivity index (χ1n) is 5.74. The van der Waals surface area contributed by atoms with Crippen molar-refractivity contribution in [1.82, 2.24) is 9.97 Å². The number of halogens is 1. The average Bonchev–Trinajstić information content (AvgIpc) is 2.77. The summed E-state index contributed by atoms with van der Waals surface area (Å²) < 4.78 is 14.0. The molecule has 0 radical (unpaired) electrons. The minimum atomic E-state index is -0.287. The van der Waals surface area contributed by atoms with Gasteiger partial charge in [-0.05, 0) is 19.3 Å². The Morgan fingerprint density at radius 1 is 1.56 bits per heavy atom. The highest BCUT2D eigenvalue weighted by atomic mass is 19.1. The van der Waals surface area contributed by atoms with E-state index >= 15 is 0 Å². The van der Waals surface area contributed by atoms with Crippen molar-refractivity contribution in [3.63, 3.8) is 0 Å². The molecule has 1 fully saturated rings. The fourth-order valence-corrected chi connectivity index (χ4v) is 2.20. The van der Waals surface area contributed by atoms with Crippen molar-refractivity contribution in [3.05, 3.63) is 17.8 Å². The third kappa shape index (κ3) is 1.87. The zero-order valence-corrected chi connectivity index (χ0v) is 9.49. The van der Waals surface area contributed by atoms with Gasteiger partial charge < -0.3 is 10.6 Å². The zero-order chi connectivity index (χ0) is 11.5. The van der Waals surface area contributed by atoms with Gasteiger partial charge in [-0.15, -0.1) is 0 Å². The molecule has 2 N–H and O–H groups in total. The molecular weight excluding hydrogens is 207 g/mol. The highest BCUT2D eigenvalue weighted by molar-refractivity contribution is 5.43. The van der Waals surface area contributed by atoms with Crippen LogP contribution in [0.2, 0.25) is 0 Å². The van der Waals surface area contributed by atoms with E-state index < -0.39 is 0 Å². The van der Waals surface area contributed by atoms with Gasteiger partial charge >= 0.3 is 0 Å². The molecule has 0 bridgehead atoms. The van der Waals surface area contributed by atoms with E-state index in [9.17, 15) is 4.39 Å². The quantitative estimate of drug-likeness (QED) is 0.835. The molecule has 2 heterocycles. The highest BCUT2D eigenvalue weighted by Crippen LogP contribution is 2.26. The maximum atomic E-state index is 14.0. The zero-order valence-electron chi connectivity index (χ0n) is 9.49. The minimum absolute atomic E-state index is 0.217. The van der Waals surface area contributed by atoms with Crippen LogP contribution in [-0.4, -0.2) is 29.1 Å². The van der Waals surface area contributed by atoms with Crippen LogP contribution in [0.25, 0.3) is 0 Å². The number of rotatable bonds is 3. The van der Waals surface area contributed by atoms with Gasteiger partial charge in [-0.2, -0.15) is 0 Å². The first-order valence-corrected chi connectivity index (χ1v) is 5.74. The summed E-state index contributed by atoms with van der Waals surface area (Å²) in [6.07, 6.45) is 4.08. The summed E-state index contributed by atoms with van der Waals surface area (Å²) in [7, 11) is 0. The molecule has 1 atom stereocenters. The molecule has 1 saturated heterocycles. The van der Waals surface area contributed by atoms with Gasteiger partial charge in [0.15, 0.2) is 11.6 Å². The number of aryl methyl sites for hydroxylation is 1. The largest absolute Gasteiger partial charge is 0.350 e. The maximum absolute atomic E-state index is 14.0. The second kappa shape index (κ2) is 4.74. The molecule has 0 aliphatic carbocycles. The Hall–Kier alpha value is -1.23. The van der Waals surface area contributed by atoms with Crippen LogP contribution in [0.4, 0.5) is 10.2 Å². The van der Waals surface area contributed by atoms with E-state index in [0.29, 0.717) is 24.5 Å². The van der Waals surface area contributed by atoms with Crippen molar-refractivity contribution in [2.24, 2.45) is 5.73 Å². The molecule has 1 aromatic rings.